The maximum Gasteiger partial charge on any atom is 0.241 e. The smallest absolute Gasteiger partial charge is 0.241 e. The number of anilines is 2. The highest BCUT2D eigenvalue weighted by Gasteiger charge is 2.26. The van der Waals surface area contributed by atoms with Crippen molar-refractivity contribution >= 4 is 17.3 Å². The van der Waals surface area contributed by atoms with Crippen molar-refractivity contribution in [1.82, 2.24) is 4.90 Å². The summed E-state index contributed by atoms with van der Waals surface area (Å²) in [5.41, 5.74) is 3.87. The van der Waals surface area contributed by atoms with E-state index >= 15 is 0 Å². The van der Waals surface area contributed by atoms with Crippen LogP contribution in [0.4, 0.5) is 11.4 Å². The summed E-state index contributed by atoms with van der Waals surface area (Å²) in [4.78, 5) is 17.1. The summed E-state index contributed by atoms with van der Waals surface area (Å²) in [5.74, 6) is -0.0148. The van der Waals surface area contributed by atoms with Crippen LogP contribution in [0.15, 0.2) is 48.5 Å². The van der Waals surface area contributed by atoms with Gasteiger partial charge >= 0.3 is 0 Å². The van der Waals surface area contributed by atoms with E-state index in [0.717, 1.165) is 31.9 Å². The van der Waals surface area contributed by atoms with Crippen molar-refractivity contribution in [1.29, 1.82) is 5.26 Å². The molecule has 2 aromatic carbocycles. The number of nitrogens with zero attached hydrogens (tertiary/aromatic N) is 3. The number of carbonyl (C=O) groups excluding carboxylic acids is 1. The molecule has 1 amide bonds. The van der Waals surface area contributed by atoms with Crippen LogP contribution in [-0.4, -0.2) is 43.0 Å². The average molecular weight is 348 g/mol. The number of nitriles is 1. The maximum absolute atomic E-state index is 12.5. The third-order valence-corrected chi connectivity index (χ3v) is 4.98. The van der Waals surface area contributed by atoms with Crippen LogP contribution < -0.4 is 10.2 Å². The molecule has 1 atom stereocenters. The first-order valence-electron chi connectivity index (χ1n) is 8.94. The lowest BCUT2D eigenvalue weighted by Gasteiger charge is -2.39. The molecule has 26 heavy (non-hydrogen) atoms. The highest BCUT2D eigenvalue weighted by Crippen LogP contribution is 2.21. The van der Waals surface area contributed by atoms with Gasteiger partial charge in [0.05, 0.1) is 17.7 Å². The summed E-state index contributed by atoms with van der Waals surface area (Å²) < 4.78 is 0. The first-order chi connectivity index (χ1) is 12.6. The Labute approximate surface area is 154 Å². The quantitative estimate of drug-likeness (QED) is 0.923. The Bertz CT molecular complexity index is 802. The molecule has 0 saturated carbocycles. The van der Waals surface area contributed by atoms with E-state index in [9.17, 15) is 4.79 Å². The molecular formula is C21H24N4O. The second kappa shape index (κ2) is 8.03. The fourth-order valence-corrected chi connectivity index (χ4v) is 3.31. The zero-order valence-corrected chi connectivity index (χ0v) is 15.3. The van der Waals surface area contributed by atoms with Gasteiger partial charge in [-0.2, -0.15) is 5.26 Å². The molecule has 1 aliphatic heterocycles. The molecule has 1 fully saturated rings. The van der Waals surface area contributed by atoms with Crippen LogP contribution in [-0.2, 0) is 4.79 Å². The zero-order chi connectivity index (χ0) is 18.5. The topological polar surface area (TPSA) is 59.4 Å². The van der Waals surface area contributed by atoms with Crippen molar-refractivity contribution in [3.05, 3.63) is 59.7 Å². The molecule has 1 unspecified atom stereocenters. The highest BCUT2D eigenvalue weighted by atomic mass is 16.2. The molecule has 2 aromatic rings. The Morgan fingerprint density at radius 2 is 1.73 bits per heavy atom. The van der Waals surface area contributed by atoms with E-state index in [1.54, 1.807) is 24.3 Å². The molecule has 0 aromatic heterocycles. The lowest BCUT2D eigenvalue weighted by molar-refractivity contribution is -0.120. The van der Waals surface area contributed by atoms with Gasteiger partial charge in [0.1, 0.15) is 0 Å². The molecule has 0 bridgehead atoms. The molecule has 134 valence electrons. The van der Waals surface area contributed by atoms with Gasteiger partial charge in [0, 0.05) is 37.6 Å². The Kier molecular flexibility index (Phi) is 5.55. The monoisotopic (exact) mass is 348 g/mol. The van der Waals surface area contributed by atoms with Gasteiger partial charge in [-0.1, -0.05) is 18.2 Å². The highest BCUT2D eigenvalue weighted by molar-refractivity contribution is 5.94. The van der Waals surface area contributed by atoms with Crippen molar-refractivity contribution in [2.75, 3.05) is 36.4 Å². The van der Waals surface area contributed by atoms with Crippen LogP contribution in [0.1, 0.15) is 18.1 Å². The van der Waals surface area contributed by atoms with Crippen LogP contribution >= 0.6 is 0 Å². The first kappa shape index (κ1) is 18.0. The number of benzene rings is 2. The predicted octanol–water partition coefficient (Wildman–Crippen LogP) is 3.02. The van der Waals surface area contributed by atoms with Crippen molar-refractivity contribution in [3.8, 4) is 6.07 Å². The van der Waals surface area contributed by atoms with Crippen LogP contribution in [0.3, 0.4) is 0 Å². The van der Waals surface area contributed by atoms with E-state index in [1.165, 1.54) is 11.3 Å². The van der Waals surface area contributed by atoms with Crippen LogP contribution in [0.2, 0.25) is 0 Å². The first-order valence-corrected chi connectivity index (χ1v) is 8.94. The number of hydrogen-bond acceptors (Lipinski definition) is 4. The second-order valence-electron chi connectivity index (χ2n) is 6.66. The number of carbonyl (C=O) groups is 1. The average Bonchev–Trinajstić information content (AvgIpc) is 2.68. The van der Waals surface area contributed by atoms with Gasteiger partial charge in [-0.3, -0.25) is 9.69 Å². The molecule has 0 radical (unpaired) electrons. The van der Waals surface area contributed by atoms with E-state index in [4.69, 9.17) is 5.26 Å². The molecule has 1 saturated heterocycles. The molecule has 1 N–H and O–H groups in total. The summed E-state index contributed by atoms with van der Waals surface area (Å²) in [7, 11) is 0. The van der Waals surface area contributed by atoms with Crippen molar-refractivity contribution in [2.24, 2.45) is 0 Å². The van der Waals surface area contributed by atoms with Gasteiger partial charge in [-0.25, -0.2) is 0 Å². The normalized spacial score (nSPS) is 16.0. The largest absolute Gasteiger partial charge is 0.369 e. The second-order valence-corrected chi connectivity index (χ2v) is 6.66. The molecule has 1 heterocycles. The van der Waals surface area contributed by atoms with Gasteiger partial charge in [-0.05, 0) is 49.7 Å². The molecular weight excluding hydrogens is 324 g/mol. The molecule has 0 aliphatic carbocycles. The Hall–Kier alpha value is -2.84. The van der Waals surface area contributed by atoms with Crippen LogP contribution in [0, 0.1) is 18.3 Å². The van der Waals surface area contributed by atoms with Gasteiger partial charge in [0.25, 0.3) is 0 Å². The molecule has 0 spiro atoms. The van der Waals surface area contributed by atoms with Gasteiger partial charge in [-0.15, -0.1) is 0 Å². The Morgan fingerprint density at radius 3 is 2.35 bits per heavy atom. The minimum absolute atomic E-state index is 0.0148. The van der Waals surface area contributed by atoms with E-state index in [-0.39, 0.29) is 11.9 Å². The number of nitrogens with one attached hydrogen (secondary N) is 1. The standard InChI is InChI=1S/C21H24N4O/c1-16-5-3-4-6-20(16)25-13-11-24(12-14-25)17(2)21(26)23-19-9-7-18(15-22)8-10-19/h3-10,17H,11-14H2,1-2H3,(H,23,26). The minimum Gasteiger partial charge on any atom is -0.369 e. The number of rotatable bonds is 4. The summed E-state index contributed by atoms with van der Waals surface area (Å²) in [5, 5.41) is 11.8. The maximum atomic E-state index is 12.5. The number of amides is 1. The van der Waals surface area contributed by atoms with Crippen molar-refractivity contribution in [2.45, 2.75) is 19.9 Å². The Balaban J connectivity index is 1.55. The number of aryl methyl sites for hydroxylation is 1. The zero-order valence-electron chi connectivity index (χ0n) is 15.3. The molecule has 5 nitrogen and oxygen atoms in total. The lowest BCUT2D eigenvalue weighted by atomic mass is 10.1. The molecule has 5 heteroatoms. The van der Waals surface area contributed by atoms with Gasteiger partial charge < -0.3 is 10.2 Å². The van der Waals surface area contributed by atoms with E-state index in [1.807, 2.05) is 6.92 Å². The van der Waals surface area contributed by atoms with Gasteiger partial charge in [0.15, 0.2) is 0 Å². The van der Waals surface area contributed by atoms with E-state index in [2.05, 4.69) is 52.4 Å². The predicted molar refractivity (Wildman–Crippen MR) is 104 cm³/mol. The van der Waals surface area contributed by atoms with E-state index < -0.39 is 0 Å². The lowest BCUT2D eigenvalue weighted by Crippen LogP contribution is -2.53. The van der Waals surface area contributed by atoms with Gasteiger partial charge in [0.2, 0.25) is 5.91 Å². The van der Waals surface area contributed by atoms with Crippen LogP contribution in [0.5, 0.6) is 0 Å². The van der Waals surface area contributed by atoms with Crippen LogP contribution in [0.25, 0.3) is 0 Å². The SMILES string of the molecule is Cc1ccccc1N1CCN(C(C)C(=O)Nc2ccc(C#N)cc2)CC1. The third-order valence-electron chi connectivity index (χ3n) is 4.98. The summed E-state index contributed by atoms with van der Waals surface area (Å²) in [6.45, 7) is 7.63. The molecule has 3 rings (SSSR count). The fraction of sp³-hybridized carbons (Fsp3) is 0.333. The number of piperazine rings is 1. The Morgan fingerprint density at radius 1 is 1.08 bits per heavy atom. The summed E-state index contributed by atoms with van der Waals surface area (Å²) in [6.07, 6.45) is 0. The summed E-state index contributed by atoms with van der Waals surface area (Å²) in [6, 6.07) is 17.3. The molecule has 1 aliphatic rings. The van der Waals surface area contributed by atoms with Crippen molar-refractivity contribution < 1.29 is 4.79 Å². The number of hydrogen-bond donors (Lipinski definition) is 1. The van der Waals surface area contributed by atoms with Crippen molar-refractivity contribution in [3.63, 3.8) is 0 Å². The fourth-order valence-electron chi connectivity index (χ4n) is 3.31. The third kappa shape index (κ3) is 4.04. The number of para-hydroxylation sites is 1. The van der Waals surface area contributed by atoms with E-state index in [0.29, 0.717) is 5.56 Å². The summed E-state index contributed by atoms with van der Waals surface area (Å²) >= 11 is 0. The minimum atomic E-state index is -0.190.